The predicted molar refractivity (Wildman–Crippen MR) is 106 cm³/mol. The molecule has 9 heteroatoms. The number of aromatic nitrogens is 1. The van der Waals surface area contributed by atoms with Gasteiger partial charge in [-0.2, -0.15) is 4.37 Å². The van der Waals surface area contributed by atoms with Crippen molar-refractivity contribution in [2.45, 2.75) is 32.9 Å². The summed E-state index contributed by atoms with van der Waals surface area (Å²) < 4.78 is 14.5. The quantitative estimate of drug-likeness (QED) is 0.629. The van der Waals surface area contributed by atoms with Gasteiger partial charge in [0.1, 0.15) is 15.1 Å². The monoisotopic (exact) mass is 430 g/mol. The lowest BCUT2D eigenvalue weighted by Gasteiger charge is -2.19. The van der Waals surface area contributed by atoms with Crippen molar-refractivity contribution in [3.05, 3.63) is 44.9 Å². The third-order valence-corrected chi connectivity index (χ3v) is 5.25. The maximum atomic E-state index is 12.5. The maximum absolute atomic E-state index is 12.5. The Balaban J connectivity index is 2.02. The first kappa shape index (κ1) is 21.5. The number of halogens is 2. The first-order chi connectivity index (χ1) is 12.8. The number of hydrogen-bond donors (Lipinski definition) is 1. The van der Waals surface area contributed by atoms with E-state index in [1.165, 1.54) is 0 Å². The van der Waals surface area contributed by atoms with Crippen LogP contribution >= 0.6 is 34.7 Å². The summed E-state index contributed by atoms with van der Waals surface area (Å²) in [6, 6.07) is 7.31. The van der Waals surface area contributed by atoms with Gasteiger partial charge in [-0.05, 0) is 41.6 Å². The Bertz CT molecular complexity index is 793. The van der Waals surface area contributed by atoms with Crippen LogP contribution in [0.2, 0.25) is 9.36 Å². The summed E-state index contributed by atoms with van der Waals surface area (Å²) in [4.78, 5) is 24.8. The molecule has 0 unspecified atom stereocenters. The summed E-state index contributed by atoms with van der Waals surface area (Å²) in [5, 5.41) is 2.82. The Morgan fingerprint density at radius 1 is 1.22 bits per heavy atom. The number of carbonyl (C=O) groups excluding carboxylic acids is 2. The molecule has 0 aliphatic heterocycles. The summed E-state index contributed by atoms with van der Waals surface area (Å²) in [6.07, 6.45) is -0.581. The molecule has 0 fully saturated rings. The third kappa shape index (κ3) is 6.09. The smallest absolute Gasteiger partial charge is 0.360 e. The average molecular weight is 431 g/mol. The summed E-state index contributed by atoms with van der Waals surface area (Å²) >= 11 is 12.7. The molecule has 0 spiro atoms. The number of esters is 1. The number of rotatable bonds is 8. The van der Waals surface area contributed by atoms with Gasteiger partial charge >= 0.3 is 5.97 Å². The number of benzene rings is 1. The Kier molecular flexibility index (Phi) is 7.89. The van der Waals surface area contributed by atoms with Gasteiger partial charge in [-0.1, -0.05) is 49.2 Å². The lowest BCUT2D eigenvalue weighted by molar-refractivity contribution is -0.131. The Labute approximate surface area is 171 Å². The average Bonchev–Trinajstić information content (AvgIpc) is 2.98. The van der Waals surface area contributed by atoms with E-state index in [4.69, 9.17) is 32.7 Å². The second-order valence-electron chi connectivity index (χ2n) is 6.21. The molecule has 0 bridgehead atoms. The molecule has 0 radical (unpaired) electrons. The molecule has 1 amide bonds. The van der Waals surface area contributed by atoms with E-state index < -0.39 is 12.1 Å². The molecule has 1 aromatic carbocycles. The van der Waals surface area contributed by atoms with E-state index in [1.807, 2.05) is 26.0 Å². The highest BCUT2D eigenvalue weighted by Gasteiger charge is 2.27. The molecule has 0 aliphatic carbocycles. The van der Waals surface area contributed by atoms with Crippen molar-refractivity contribution in [1.82, 2.24) is 9.69 Å². The maximum Gasteiger partial charge on any atom is 0.360 e. The van der Waals surface area contributed by atoms with Crippen molar-refractivity contribution in [3.8, 4) is 5.75 Å². The normalized spacial score (nSPS) is 11.9. The zero-order valence-corrected chi connectivity index (χ0v) is 17.5. The van der Waals surface area contributed by atoms with Crippen LogP contribution in [0.15, 0.2) is 24.3 Å². The highest BCUT2D eigenvalue weighted by molar-refractivity contribution is 7.11. The van der Waals surface area contributed by atoms with Gasteiger partial charge in [-0.3, -0.25) is 4.79 Å². The largest absolute Gasteiger partial charge is 0.497 e. The molecule has 1 N–H and O–H groups in total. The summed E-state index contributed by atoms with van der Waals surface area (Å²) in [5.41, 5.74) is 0.816. The van der Waals surface area contributed by atoms with Gasteiger partial charge in [0.25, 0.3) is 5.91 Å². The lowest BCUT2D eigenvalue weighted by atomic mass is 10.1. The minimum atomic E-state index is -0.952. The van der Waals surface area contributed by atoms with Crippen LogP contribution in [0.25, 0.3) is 0 Å². The molecule has 1 atom stereocenters. The molecule has 2 rings (SSSR count). The molecule has 2 aromatic rings. The van der Waals surface area contributed by atoms with Crippen LogP contribution in [-0.2, 0) is 16.1 Å². The van der Waals surface area contributed by atoms with Crippen molar-refractivity contribution in [3.63, 3.8) is 0 Å². The summed E-state index contributed by atoms with van der Waals surface area (Å²) in [5.74, 6) is -0.279. The molecule has 6 nitrogen and oxygen atoms in total. The topological polar surface area (TPSA) is 77.5 Å². The fourth-order valence-electron chi connectivity index (χ4n) is 2.25. The van der Waals surface area contributed by atoms with Crippen molar-refractivity contribution in [1.29, 1.82) is 0 Å². The zero-order valence-electron chi connectivity index (χ0n) is 15.1. The Morgan fingerprint density at radius 3 is 2.41 bits per heavy atom. The van der Waals surface area contributed by atoms with Gasteiger partial charge in [-0.25, -0.2) is 4.79 Å². The van der Waals surface area contributed by atoms with Gasteiger partial charge < -0.3 is 14.8 Å². The van der Waals surface area contributed by atoms with Crippen LogP contribution in [0.1, 0.15) is 36.3 Å². The lowest BCUT2D eigenvalue weighted by Crippen LogP contribution is -2.38. The number of carbonyl (C=O) groups is 2. The van der Waals surface area contributed by atoms with E-state index in [2.05, 4.69) is 9.69 Å². The fraction of sp³-hybridized carbons (Fsp3) is 0.389. The van der Waals surface area contributed by atoms with E-state index in [0.717, 1.165) is 22.8 Å². The molecule has 1 aromatic heterocycles. The number of nitrogens with zero attached hydrogens (tertiary/aromatic N) is 1. The second kappa shape index (κ2) is 9.92. The number of hydrogen-bond acceptors (Lipinski definition) is 6. The molecule has 0 saturated carbocycles. The SMILES string of the molecule is COc1ccc(CNC(=O)[C@H](CC(C)C)OC(=O)c2nsc(Cl)c2Cl)cc1. The molecule has 146 valence electrons. The first-order valence-corrected chi connectivity index (χ1v) is 9.77. The van der Waals surface area contributed by atoms with Crippen LogP contribution < -0.4 is 10.1 Å². The van der Waals surface area contributed by atoms with Crippen LogP contribution in [-0.4, -0.2) is 29.5 Å². The van der Waals surface area contributed by atoms with Crippen molar-refractivity contribution < 1.29 is 19.1 Å². The van der Waals surface area contributed by atoms with Gasteiger partial charge in [0.15, 0.2) is 11.8 Å². The van der Waals surface area contributed by atoms with E-state index in [0.29, 0.717) is 13.0 Å². The number of amides is 1. The van der Waals surface area contributed by atoms with Gasteiger partial charge in [-0.15, -0.1) is 0 Å². The van der Waals surface area contributed by atoms with Gasteiger partial charge in [0.2, 0.25) is 0 Å². The molecular formula is C18H20Cl2N2O4S. The molecule has 27 heavy (non-hydrogen) atoms. The van der Waals surface area contributed by atoms with Crippen LogP contribution in [0.3, 0.4) is 0 Å². The minimum absolute atomic E-state index is 0.0357. The van der Waals surface area contributed by atoms with Crippen molar-refractivity contribution in [2.24, 2.45) is 5.92 Å². The molecule has 0 saturated heterocycles. The van der Waals surface area contributed by atoms with Crippen molar-refractivity contribution >= 4 is 46.6 Å². The van der Waals surface area contributed by atoms with E-state index in [1.54, 1.807) is 19.2 Å². The highest BCUT2D eigenvalue weighted by atomic mass is 35.5. The van der Waals surface area contributed by atoms with E-state index >= 15 is 0 Å². The minimum Gasteiger partial charge on any atom is -0.497 e. The fourth-order valence-corrected chi connectivity index (χ4v) is 3.23. The molecule has 1 heterocycles. The Morgan fingerprint density at radius 2 is 1.89 bits per heavy atom. The highest BCUT2D eigenvalue weighted by Crippen LogP contribution is 2.30. The van der Waals surface area contributed by atoms with Gasteiger partial charge in [0.05, 0.1) is 7.11 Å². The number of ether oxygens (including phenoxy) is 2. The second-order valence-corrected chi connectivity index (χ2v) is 7.96. The van der Waals surface area contributed by atoms with Crippen LogP contribution in [0.4, 0.5) is 0 Å². The van der Waals surface area contributed by atoms with Crippen LogP contribution in [0, 0.1) is 5.92 Å². The third-order valence-electron chi connectivity index (χ3n) is 3.64. The zero-order chi connectivity index (χ0) is 20.0. The summed E-state index contributed by atoms with van der Waals surface area (Å²) in [7, 11) is 1.59. The van der Waals surface area contributed by atoms with E-state index in [9.17, 15) is 9.59 Å². The molecule has 0 aliphatic rings. The standard InChI is InChI=1S/C18H20Cl2N2O4S/c1-10(2)8-13(26-18(24)15-14(19)16(20)27-22-15)17(23)21-9-11-4-6-12(25-3)7-5-11/h4-7,10,13H,8-9H2,1-3H3,(H,21,23)/t13-/m0/s1. The molecular weight excluding hydrogens is 411 g/mol. The summed E-state index contributed by atoms with van der Waals surface area (Å²) in [6.45, 7) is 4.17. The first-order valence-electron chi connectivity index (χ1n) is 8.24. The predicted octanol–water partition coefficient (Wildman–Crippen LogP) is 4.35. The number of nitrogens with one attached hydrogen (secondary N) is 1. The van der Waals surface area contributed by atoms with Gasteiger partial charge in [0, 0.05) is 6.54 Å². The Hall–Kier alpha value is -1.83. The number of methoxy groups -OCH3 is 1. The van der Waals surface area contributed by atoms with Crippen LogP contribution in [0.5, 0.6) is 5.75 Å². The van der Waals surface area contributed by atoms with E-state index in [-0.39, 0.29) is 26.9 Å². The van der Waals surface area contributed by atoms with Crippen molar-refractivity contribution in [2.75, 3.05) is 7.11 Å².